The van der Waals surface area contributed by atoms with Crippen LogP contribution in [0.2, 0.25) is 0 Å². The maximum atomic E-state index is 13.5. The first-order valence-corrected chi connectivity index (χ1v) is 10.1. The van der Waals surface area contributed by atoms with E-state index in [0.717, 1.165) is 25.2 Å². The summed E-state index contributed by atoms with van der Waals surface area (Å²) in [6.07, 6.45) is 1.72. The summed E-state index contributed by atoms with van der Waals surface area (Å²) in [5, 5.41) is 2.92. The highest BCUT2D eigenvalue weighted by atomic mass is 32.2. The van der Waals surface area contributed by atoms with Gasteiger partial charge in [0.2, 0.25) is 5.91 Å². The number of hydrogen-bond donors (Lipinski definition) is 1. The monoisotopic (exact) mass is 369 g/mol. The van der Waals surface area contributed by atoms with Gasteiger partial charge in [-0.3, -0.25) is 4.79 Å². The van der Waals surface area contributed by atoms with Crippen LogP contribution in [0.1, 0.15) is 32.3 Å². The number of benzene rings is 1. The third-order valence-corrected chi connectivity index (χ3v) is 5.12. The number of halogens is 1. The van der Waals surface area contributed by atoms with Crippen LogP contribution in [0, 0.1) is 11.7 Å². The number of amides is 1. The van der Waals surface area contributed by atoms with E-state index in [-0.39, 0.29) is 23.7 Å². The average molecular weight is 370 g/mol. The highest BCUT2D eigenvalue weighted by molar-refractivity contribution is 7.98. The number of hydrogen-bond acceptors (Lipinski definition) is 4. The third kappa shape index (κ3) is 6.96. The van der Waals surface area contributed by atoms with Gasteiger partial charge >= 0.3 is 0 Å². The summed E-state index contributed by atoms with van der Waals surface area (Å²) in [5.74, 6) is 1.18. The van der Waals surface area contributed by atoms with Gasteiger partial charge in [0.05, 0.1) is 12.7 Å². The maximum Gasteiger partial charge on any atom is 0.249 e. The molecule has 1 aromatic rings. The second kappa shape index (κ2) is 10.8. The predicted molar refractivity (Wildman–Crippen MR) is 99.1 cm³/mol. The molecule has 1 N–H and O–H groups in total. The van der Waals surface area contributed by atoms with E-state index in [1.54, 1.807) is 23.9 Å². The van der Waals surface area contributed by atoms with Crippen molar-refractivity contribution in [1.29, 1.82) is 0 Å². The Morgan fingerprint density at radius 2 is 2.24 bits per heavy atom. The summed E-state index contributed by atoms with van der Waals surface area (Å²) in [7, 11) is 0. The van der Waals surface area contributed by atoms with Gasteiger partial charge in [0.1, 0.15) is 11.9 Å². The van der Waals surface area contributed by atoms with Crippen molar-refractivity contribution in [2.24, 2.45) is 5.92 Å². The van der Waals surface area contributed by atoms with Gasteiger partial charge in [0, 0.05) is 24.7 Å². The topological polar surface area (TPSA) is 47.6 Å². The fourth-order valence-electron chi connectivity index (χ4n) is 2.70. The Morgan fingerprint density at radius 1 is 1.44 bits per heavy atom. The highest BCUT2D eigenvalue weighted by Gasteiger charge is 2.25. The molecular weight excluding hydrogens is 341 g/mol. The van der Waals surface area contributed by atoms with E-state index in [4.69, 9.17) is 9.47 Å². The van der Waals surface area contributed by atoms with E-state index in [1.807, 2.05) is 19.9 Å². The molecule has 1 aliphatic heterocycles. The second-order valence-corrected chi connectivity index (χ2v) is 7.67. The van der Waals surface area contributed by atoms with Crippen molar-refractivity contribution in [2.45, 2.75) is 44.6 Å². The lowest BCUT2D eigenvalue weighted by atomic mass is 10.1. The van der Waals surface area contributed by atoms with Crippen LogP contribution in [0.4, 0.5) is 4.39 Å². The molecule has 1 fully saturated rings. The fraction of sp³-hybridized carbons (Fsp3) is 0.632. The molecule has 0 unspecified atom stereocenters. The van der Waals surface area contributed by atoms with Crippen molar-refractivity contribution in [2.75, 3.05) is 25.5 Å². The molecule has 140 valence electrons. The zero-order valence-corrected chi connectivity index (χ0v) is 15.8. The first-order chi connectivity index (χ1) is 12.1. The van der Waals surface area contributed by atoms with Crippen LogP contribution >= 0.6 is 11.8 Å². The summed E-state index contributed by atoms with van der Waals surface area (Å²) < 4.78 is 24.9. The molecule has 6 heteroatoms. The quantitative estimate of drug-likeness (QED) is 0.642. The second-order valence-electron chi connectivity index (χ2n) is 6.57. The highest BCUT2D eigenvalue weighted by Crippen LogP contribution is 2.16. The molecule has 0 radical (unpaired) electrons. The van der Waals surface area contributed by atoms with Crippen LogP contribution < -0.4 is 5.32 Å². The Bertz CT molecular complexity index is 535. The molecule has 1 heterocycles. The van der Waals surface area contributed by atoms with E-state index >= 15 is 0 Å². The molecule has 4 nitrogen and oxygen atoms in total. The molecule has 0 bridgehead atoms. The van der Waals surface area contributed by atoms with E-state index in [9.17, 15) is 9.18 Å². The average Bonchev–Trinajstić information content (AvgIpc) is 3.09. The normalized spacial score (nSPS) is 18.5. The molecule has 1 aromatic carbocycles. The first-order valence-electron chi connectivity index (χ1n) is 8.90. The predicted octanol–water partition coefficient (Wildman–Crippen LogP) is 3.40. The van der Waals surface area contributed by atoms with Crippen molar-refractivity contribution in [3.8, 4) is 0 Å². The largest absolute Gasteiger partial charge is 0.376 e. The standard InChI is InChI=1S/C19H28FNO3S/c1-14(2)18(24-12-16-7-5-10-23-16)19(22)21-9-11-25-13-15-6-3-4-8-17(15)20/h3-4,6,8,14,16,18H,5,7,9-13H2,1-2H3,(H,21,22)/t16-,18-/m1/s1. The van der Waals surface area contributed by atoms with Gasteiger partial charge in [0.25, 0.3) is 0 Å². The molecule has 0 aliphatic carbocycles. The lowest BCUT2D eigenvalue weighted by Crippen LogP contribution is -2.41. The molecule has 2 atom stereocenters. The molecule has 1 amide bonds. The van der Waals surface area contributed by atoms with Crippen molar-refractivity contribution < 1.29 is 18.7 Å². The Hall–Kier alpha value is -1.11. The zero-order chi connectivity index (χ0) is 18.1. The van der Waals surface area contributed by atoms with Crippen LogP contribution in [0.5, 0.6) is 0 Å². The molecule has 25 heavy (non-hydrogen) atoms. The van der Waals surface area contributed by atoms with Crippen LogP contribution in [0.3, 0.4) is 0 Å². The minimum absolute atomic E-state index is 0.0838. The lowest BCUT2D eigenvalue weighted by Gasteiger charge is -2.22. The molecule has 0 aromatic heterocycles. The van der Waals surface area contributed by atoms with Gasteiger partial charge < -0.3 is 14.8 Å². The zero-order valence-electron chi connectivity index (χ0n) is 15.0. The van der Waals surface area contributed by atoms with E-state index in [0.29, 0.717) is 24.5 Å². The van der Waals surface area contributed by atoms with Gasteiger partial charge in [-0.15, -0.1) is 0 Å². The van der Waals surface area contributed by atoms with Crippen LogP contribution in [0.25, 0.3) is 0 Å². The Kier molecular flexibility index (Phi) is 8.72. The van der Waals surface area contributed by atoms with Gasteiger partial charge in [0.15, 0.2) is 0 Å². The summed E-state index contributed by atoms with van der Waals surface area (Å²) in [4.78, 5) is 12.3. The maximum absolute atomic E-state index is 13.5. The molecular formula is C19H28FNO3S. The Labute approximate surface area is 153 Å². The fourth-order valence-corrected chi connectivity index (χ4v) is 3.55. The summed E-state index contributed by atoms with van der Waals surface area (Å²) in [6, 6.07) is 6.77. The van der Waals surface area contributed by atoms with Crippen molar-refractivity contribution in [3.05, 3.63) is 35.6 Å². The molecule has 2 rings (SSSR count). The van der Waals surface area contributed by atoms with E-state index in [1.165, 1.54) is 6.07 Å². The third-order valence-electron chi connectivity index (χ3n) is 4.11. The summed E-state index contributed by atoms with van der Waals surface area (Å²) >= 11 is 1.60. The van der Waals surface area contributed by atoms with Crippen molar-refractivity contribution in [1.82, 2.24) is 5.32 Å². The van der Waals surface area contributed by atoms with Crippen molar-refractivity contribution in [3.63, 3.8) is 0 Å². The van der Waals surface area contributed by atoms with Gasteiger partial charge in [-0.25, -0.2) is 4.39 Å². The number of carbonyl (C=O) groups is 1. The molecule has 0 spiro atoms. The SMILES string of the molecule is CC(C)[C@@H](OC[C@H]1CCCO1)C(=O)NCCSCc1ccccc1F. The number of carbonyl (C=O) groups excluding carboxylic acids is 1. The van der Waals surface area contributed by atoms with E-state index < -0.39 is 6.10 Å². The lowest BCUT2D eigenvalue weighted by molar-refractivity contribution is -0.138. The number of ether oxygens (including phenoxy) is 2. The number of nitrogens with one attached hydrogen (secondary N) is 1. The number of thioether (sulfide) groups is 1. The first kappa shape index (κ1) is 20.2. The van der Waals surface area contributed by atoms with Gasteiger partial charge in [-0.1, -0.05) is 32.0 Å². The minimum Gasteiger partial charge on any atom is -0.376 e. The smallest absolute Gasteiger partial charge is 0.249 e. The number of rotatable bonds is 10. The van der Waals surface area contributed by atoms with E-state index in [2.05, 4.69) is 5.32 Å². The Morgan fingerprint density at radius 3 is 2.92 bits per heavy atom. The van der Waals surface area contributed by atoms with Crippen LogP contribution in [-0.4, -0.2) is 43.6 Å². The van der Waals surface area contributed by atoms with Crippen molar-refractivity contribution >= 4 is 17.7 Å². The Balaban J connectivity index is 1.65. The summed E-state index contributed by atoms with van der Waals surface area (Å²) in [6.45, 7) is 5.76. The summed E-state index contributed by atoms with van der Waals surface area (Å²) in [5.41, 5.74) is 0.693. The van der Waals surface area contributed by atoms with Gasteiger partial charge in [-0.05, 0) is 30.4 Å². The van der Waals surface area contributed by atoms with Gasteiger partial charge in [-0.2, -0.15) is 11.8 Å². The van der Waals surface area contributed by atoms with Crippen LogP contribution in [0.15, 0.2) is 24.3 Å². The molecule has 1 saturated heterocycles. The van der Waals surface area contributed by atoms with Crippen LogP contribution in [-0.2, 0) is 20.0 Å². The molecule has 1 aliphatic rings. The molecule has 0 saturated carbocycles. The minimum atomic E-state index is -0.458.